The van der Waals surface area contributed by atoms with Crippen LogP contribution in [0.1, 0.15) is 41.6 Å². The summed E-state index contributed by atoms with van der Waals surface area (Å²) < 4.78 is 0. The van der Waals surface area contributed by atoms with Crippen LogP contribution in [0.4, 0.5) is 0 Å². The first kappa shape index (κ1) is 12.7. The summed E-state index contributed by atoms with van der Waals surface area (Å²) in [4.78, 5) is 11.3. The number of nitrogens with one attached hydrogen (secondary N) is 1. The van der Waals surface area contributed by atoms with Gasteiger partial charge in [0.2, 0.25) is 5.91 Å². The molecule has 0 heterocycles. The number of rotatable bonds is 5. The van der Waals surface area contributed by atoms with Crippen molar-refractivity contribution >= 4 is 5.91 Å². The molecule has 3 atom stereocenters. The fraction of sp³-hybridized carbons (Fsp3) is 0.562. The first-order valence-electron chi connectivity index (χ1n) is 7.32. The fourth-order valence-corrected chi connectivity index (χ4v) is 3.93. The maximum Gasteiger partial charge on any atom is 0.249 e. The molecule has 0 saturated heterocycles. The van der Waals surface area contributed by atoms with Crippen LogP contribution in [-0.4, -0.2) is 12.5 Å². The lowest BCUT2D eigenvalue weighted by Gasteiger charge is -2.22. The van der Waals surface area contributed by atoms with Gasteiger partial charge in [-0.05, 0) is 55.2 Å². The van der Waals surface area contributed by atoms with Crippen molar-refractivity contribution < 1.29 is 4.79 Å². The molecule has 1 aromatic carbocycles. The predicted octanol–water partition coefficient (Wildman–Crippen LogP) is 2.31. The van der Waals surface area contributed by atoms with Crippen LogP contribution >= 0.6 is 0 Å². The summed E-state index contributed by atoms with van der Waals surface area (Å²) in [5, 5.41) is 3.52. The second-order valence-corrected chi connectivity index (χ2v) is 6.09. The number of primary amides is 1. The van der Waals surface area contributed by atoms with Crippen LogP contribution in [0.15, 0.2) is 24.3 Å². The van der Waals surface area contributed by atoms with Gasteiger partial charge < -0.3 is 11.1 Å². The van der Waals surface area contributed by atoms with Gasteiger partial charge >= 0.3 is 0 Å². The number of fused-ring (bicyclic) bond motifs is 2. The van der Waals surface area contributed by atoms with E-state index in [2.05, 4.69) is 5.32 Å². The SMILES string of the molecule is NC(=O)c1ccccc1CNCC1CC2CCC1C2. The Morgan fingerprint density at radius 3 is 2.79 bits per heavy atom. The molecule has 3 N–H and O–H groups in total. The van der Waals surface area contributed by atoms with E-state index in [-0.39, 0.29) is 5.91 Å². The minimum absolute atomic E-state index is 0.336. The second-order valence-electron chi connectivity index (χ2n) is 6.09. The molecule has 2 bridgehead atoms. The molecule has 2 saturated carbocycles. The smallest absolute Gasteiger partial charge is 0.249 e. The van der Waals surface area contributed by atoms with Gasteiger partial charge in [-0.3, -0.25) is 4.79 Å². The highest BCUT2D eigenvalue weighted by molar-refractivity contribution is 5.94. The summed E-state index contributed by atoms with van der Waals surface area (Å²) in [5.41, 5.74) is 7.04. The number of amides is 1. The number of hydrogen-bond donors (Lipinski definition) is 2. The van der Waals surface area contributed by atoms with Crippen molar-refractivity contribution in [3.05, 3.63) is 35.4 Å². The molecule has 3 rings (SSSR count). The molecule has 0 aliphatic heterocycles. The van der Waals surface area contributed by atoms with E-state index in [9.17, 15) is 4.79 Å². The number of benzene rings is 1. The molecule has 2 fully saturated rings. The van der Waals surface area contributed by atoms with Crippen molar-refractivity contribution in [2.24, 2.45) is 23.5 Å². The van der Waals surface area contributed by atoms with Crippen molar-refractivity contribution in [2.45, 2.75) is 32.2 Å². The average Bonchev–Trinajstić information content (AvgIpc) is 3.01. The Balaban J connectivity index is 1.54. The number of hydrogen-bond acceptors (Lipinski definition) is 2. The van der Waals surface area contributed by atoms with Crippen LogP contribution in [0.2, 0.25) is 0 Å². The van der Waals surface area contributed by atoms with Crippen molar-refractivity contribution in [3.8, 4) is 0 Å². The van der Waals surface area contributed by atoms with Gasteiger partial charge in [0.1, 0.15) is 0 Å². The van der Waals surface area contributed by atoms with Crippen LogP contribution in [0.3, 0.4) is 0 Å². The van der Waals surface area contributed by atoms with E-state index in [1.54, 1.807) is 6.07 Å². The quantitative estimate of drug-likeness (QED) is 0.851. The zero-order chi connectivity index (χ0) is 13.2. The summed E-state index contributed by atoms with van der Waals surface area (Å²) in [6.07, 6.45) is 5.72. The third kappa shape index (κ3) is 2.66. The molecule has 3 heteroatoms. The van der Waals surface area contributed by atoms with E-state index in [1.165, 1.54) is 25.7 Å². The lowest BCUT2D eigenvalue weighted by atomic mass is 9.89. The molecule has 2 aliphatic carbocycles. The molecule has 3 nitrogen and oxygen atoms in total. The molecular formula is C16H22N2O. The average molecular weight is 258 g/mol. The maximum absolute atomic E-state index is 11.3. The Hall–Kier alpha value is -1.35. The fourth-order valence-electron chi connectivity index (χ4n) is 3.93. The van der Waals surface area contributed by atoms with Crippen LogP contribution < -0.4 is 11.1 Å². The molecule has 19 heavy (non-hydrogen) atoms. The molecule has 0 aromatic heterocycles. The summed E-state index contributed by atoms with van der Waals surface area (Å²) in [5.74, 6) is 2.45. The topological polar surface area (TPSA) is 55.1 Å². The highest BCUT2D eigenvalue weighted by Crippen LogP contribution is 2.47. The Bertz CT molecular complexity index is 472. The zero-order valence-corrected chi connectivity index (χ0v) is 11.3. The van der Waals surface area contributed by atoms with Gasteiger partial charge in [0.15, 0.2) is 0 Å². The monoisotopic (exact) mass is 258 g/mol. The molecule has 0 radical (unpaired) electrons. The third-order valence-electron chi connectivity index (χ3n) is 4.89. The van der Waals surface area contributed by atoms with Gasteiger partial charge in [-0.25, -0.2) is 0 Å². The van der Waals surface area contributed by atoms with E-state index in [4.69, 9.17) is 5.73 Å². The number of carbonyl (C=O) groups excluding carboxylic acids is 1. The maximum atomic E-state index is 11.3. The molecule has 102 valence electrons. The van der Waals surface area contributed by atoms with Crippen molar-refractivity contribution in [1.82, 2.24) is 5.32 Å². The number of nitrogens with two attached hydrogens (primary N) is 1. The van der Waals surface area contributed by atoms with Crippen molar-refractivity contribution in [3.63, 3.8) is 0 Å². The van der Waals surface area contributed by atoms with E-state index < -0.39 is 0 Å². The summed E-state index contributed by atoms with van der Waals surface area (Å²) in [6, 6.07) is 7.60. The van der Waals surface area contributed by atoms with Crippen LogP contribution in [0, 0.1) is 17.8 Å². The highest BCUT2D eigenvalue weighted by Gasteiger charge is 2.38. The standard InChI is InChI=1S/C16H22N2O/c17-16(19)15-4-2-1-3-13(15)9-18-10-14-8-11-5-6-12(14)7-11/h1-4,11-12,14,18H,5-10H2,(H2,17,19). The van der Waals surface area contributed by atoms with Crippen molar-refractivity contribution in [2.75, 3.05) is 6.54 Å². The summed E-state index contributed by atoms with van der Waals surface area (Å²) >= 11 is 0. The summed E-state index contributed by atoms with van der Waals surface area (Å²) in [6.45, 7) is 1.82. The Kier molecular flexibility index (Phi) is 3.56. The minimum atomic E-state index is -0.336. The van der Waals surface area contributed by atoms with Crippen LogP contribution in [0.25, 0.3) is 0 Å². The predicted molar refractivity (Wildman–Crippen MR) is 75.6 cm³/mol. The Morgan fingerprint density at radius 1 is 1.26 bits per heavy atom. The van der Waals surface area contributed by atoms with E-state index in [0.717, 1.165) is 36.4 Å². The van der Waals surface area contributed by atoms with Gasteiger partial charge in [0.25, 0.3) is 0 Å². The molecule has 2 aliphatic rings. The van der Waals surface area contributed by atoms with Gasteiger partial charge in [-0.2, -0.15) is 0 Å². The van der Waals surface area contributed by atoms with Gasteiger partial charge in [-0.15, -0.1) is 0 Å². The van der Waals surface area contributed by atoms with E-state index in [0.29, 0.717) is 5.56 Å². The van der Waals surface area contributed by atoms with Crippen LogP contribution in [-0.2, 0) is 6.54 Å². The molecule has 1 amide bonds. The first-order valence-corrected chi connectivity index (χ1v) is 7.32. The largest absolute Gasteiger partial charge is 0.366 e. The lowest BCUT2D eigenvalue weighted by Crippen LogP contribution is -2.27. The summed E-state index contributed by atoms with van der Waals surface area (Å²) in [7, 11) is 0. The van der Waals surface area contributed by atoms with Gasteiger partial charge in [0.05, 0.1) is 0 Å². The molecule has 3 unspecified atom stereocenters. The van der Waals surface area contributed by atoms with E-state index >= 15 is 0 Å². The van der Waals surface area contributed by atoms with Crippen molar-refractivity contribution in [1.29, 1.82) is 0 Å². The first-order chi connectivity index (χ1) is 9.24. The Morgan fingerprint density at radius 2 is 2.11 bits per heavy atom. The zero-order valence-electron chi connectivity index (χ0n) is 11.3. The van der Waals surface area contributed by atoms with Gasteiger partial charge in [-0.1, -0.05) is 24.6 Å². The molecule has 1 aromatic rings. The molecular weight excluding hydrogens is 236 g/mol. The normalized spacial score (nSPS) is 28.7. The van der Waals surface area contributed by atoms with E-state index in [1.807, 2.05) is 18.2 Å². The lowest BCUT2D eigenvalue weighted by molar-refractivity contribution is 0.0999. The van der Waals surface area contributed by atoms with Gasteiger partial charge in [0, 0.05) is 12.1 Å². The highest BCUT2D eigenvalue weighted by atomic mass is 16.1. The van der Waals surface area contributed by atoms with Crippen LogP contribution in [0.5, 0.6) is 0 Å². The minimum Gasteiger partial charge on any atom is -0.366 e. The number of carbonyl (C=O) groups is 1. The third-order valence-corrected chi connectivity index (χ3v) is 4.89. The molecule has 0 spiro atoms. The Labute approximate surface area is 114 Å². The second kappa shape index (κ2) is 5.33.